The number of aliphatic hydroxyl groups is 2. The van der Waals surface area contributed by atoms with Crippen LogP contribution in [-0.4, -0.2) is 57.2 Å². The van der Waals surface area contributed by atoms with Crippen LogP contribution in [0.3, 0.4) is 0 Å². The molecule has 1 aromatic carbocycles. The first-order valence-corrected chi connectivity index (χ1v) is 10.2. The summed E-state index contributed by atoms with van der Waals surface area (Å²) >= 11 is 0. The third-order valence-electron chi connectivity index (χ3n) is 8.26. The van der Waals surface area contributed by atoms with Crippen LogP contribution in [0.25, 0.3) is 0 Å². The number of likely N-dealkylation sites (tertiary alicyclic amines) is 1. The van der Waals surface area contributed by atoms with Crippen molar-refractivity contribution in [2.45, 2.75) is 74.2 Å². The van der Waals surface area contributed by atoms with E-state index in [9.17, 15) is 15.3 Å². The molecule has 1 aromatic rings. The molecule has 0 aromatic heterocycles. The number of ether oxygens (including phenoxy) is 1. The minimum Gasteiger partial charge on any atom is -0.504 e. The van der Waals surface area contributed by atoms with Crippen LogP contribution in [0.4, 0.5) is 0 Å². The zero-order valence-corrected chi connectivity index (χ0v) is 15.0. The molecule has 2 saturated carbocycles. The molecule has 26 heavy (non-hydrogen) atoms. The molecule has 6 rings (SSSR count). The molecule has 140 valence electrons. The topological polar surface area (TPSA) is 73.2 Å². The fraction of sp³-hybridized carbons (Fsp3) is 0.714. The third-order valence-corrected chi connectivity index (χ3v) is 8.26. The van der Waals surface area contributed by atoms with Crippen molar-refractivity contribution in [1.82, 2.24) is 4.90 Å². The van der Waals surface area contributed by atoms with Crippen molar-refractivity contribution in [2.75, 3.05) is 13.1 Å². The van der Waals surface area contributed by atoms with Crippen molar-refractivity contribution in [2.24, 2.45) is 5.92 Å². The monoisotopic (exact) mass is 357 g/mol. The number of hydrogen-bond donors (Lipinski definition) is 3. The molecule has 5 nitrogen and oxygen atoms in total. The average Bonchev–Trinajstić information content (AvgIpc) is 2.93. The molecule has 3 fully saturated rings. The zero-order chi connectivity index (χ0) is 17.7. The van der Waals surface area contributed by atoms with Crippen LogP contribution >= 0.6 is 0 Å². The maximum absolute atomic E-state index is 12.1. The summed E-state index contributed by atoms with van der Waals surface area (Å²) in [4.78, 5) is 2.53. The second kappa shape index (κ2) is 4.94. The second-order valence-electron chi connectivity index (χ2n) is 9.25. The van der Waals surface area contributed by atoms with Crippen LogP contribution in [-0.2, 0) is 11.8 Å². The van der Waals surface area contributed by atoms with Crippen molar-refractivity contribution in [3.8, 4) is 11.5 Å². The number of rotatable bonds is 2. The van der Waals surface area contributed by atoms with Gasteiger partial charge in [0.15, 0.2) is 11.5 Å². The summed E-state index contributed by atoms with van der Waals surface area (Å²) in [5.41, 5.74) is 0.712. The van der Waals surface area contributed by atoms with E-state index in [1.807, 2.05) is 6.07 Å². The lowest BCUT2D eigenvalue weighted by molar-refractivity contribution is -0.209. The Labute approximate surface area is 153 Å². The minimum atomic E-state index is -0.884. The molecule has 1 spiro atoms. The van der Waals surface area contributed by atoms with E-state index in [1.165, 1.54) is 24.8 Å². The summed E-state index contributed by atoms with van der Waals surface area (Å²) in [7, 11) is 0. The highest BCUT2D eigenvalue weighted by Gasteiger charge is 2.72. The molecule has 2 bridgehead atoms. The predicted molar refractivity (Wildman–Crippen MR) is 95.4 cm³/mol. The summed E-state index contributed by atoms with van der Waals surface area (Å²) < 4.78 is 6.16. The van der Waals surface area contributed by atoms with Crippen LogP contribution in [0, 0.1) is 5.92 Å². The summed E-state index contributed by atoms with van der Waals surface area (Å²) in [6, 6.07) is 3.80. The van der Waals surface area contributed by atoms with E-state index in [-0.39, 0.29) is 11.8 Å². The van der Waals surface area contributed by atoms with Gasteiger partial charge in [-0.2, -0.15) is 0 Å². The molecule has 5 heteroatoms. The molecule has 0 radical (unpaired) electrons. The third kappa shape index (κ3) is 1.64. The molecule has 1 saturated heterocycles. The number of phenolic OH excluding ortho intramolecular Hbond substituents is 1. The summed E-state index contributed by atoms with van der Waals surface area (Å²) in [6.45, 7) is 2.02. The van der Waals surface area contributed by atoms with E-state index in [0.717, 1.165) is 37.4 Å². The van der Waals surface area contributed by atoms with Gasteiger partial charge in [0, 0.05) is 18.2 Å². The highest BCUT2D eigenvalue weighted by atomic mass is 16.5. The van der Waals surface area contributed by atoms with Gasteiger partial charge in [0.05, 0.1) is 17.1 Å². The number of nitrogens with zero attached hydrogens (tertiary/aromatic N) is 1. The van der Waals surface area contributed by atoms with Crippen LogP contribution in [0.2, 0.25) is 0 Å². The van der Waals surface area contributed by atoms with Crippen LogP contribution in [0.1, 0.15) is 49.7 Å². The van der Waals surface area contributed by atoms with Gasteiger partial charge >= 0.3 is 0 Å². The normalized spacial score (nSPS) is 43.5. The van der Waals surface area contributed by atoms with Gasteiger partial charge in [0.2, 0.25) is 0 Å². The number of benzene rings is 1. The second-order valence-corrected chi connectivity index (χ2v) is 9.25. The number of aliphatic hydroxyl groups excluding tert-OH is 1. The molecular formula is C21H27NO4. The van der Waals surface area contributed by atoms with Gasteiger partial charge in [0.1, 0.15) is 6.10 Å². The molecule has 2 aliphatic heterocycles. The lowest BCUT2D eigenvalue weighted by atomic mass is 9.48. The highest BCUT2D eigenvalue weighted by Crippen LogP contribution is 2.65. The Balaban J connectivity index is 1.52. The van der Waals surface area contributed by atoms with Crippen molar-refractivity contribution in [3.05, 3.63) is 23.3 Å². The van der Waals surface area contributed by atoms with Gasteiger partial charge in [-0.25, -0.2) is 0 Å². The SMILES string of the molecule is Oc1ccc2c3c1O[C@H]1[C@@H](O)CC[C@@]4(O)C(C2)N(CC2CCC2)CC[C@]314. The minimum absolute atomic E-state index is 0.0819. The Morgan fingerprint density at radius 1 is 1.19 bits per heavy atom. The van der Waals surface area contributed by atoms with Gasteiger partial charge in [0.25, 0.3) is 0 Å². The van der Waals surface area contributed by atoms with Crippen molar-refractivity contribution < 1.29 is 20.1 Å². The first-order chi connectivity index (χ1) is 12.5. The Morgan fingerprint density at radius 2 is 2.04 bits per heavy atom. The fourth-order valence-electron chi connectivity index (χ4n) is 6.83. The van der Waals surface area contributed by atoms with Crippen molar-refractivity contribution in [3.63, 3.8) is 0 Å². The molecule has 3 N–H and O–H groups in total. The van der Waals surface area contributed by atoms with E-state index in [2.05, 4.69) is 4.90 Å². The van der Waals surface area contributed by atoms with Crippen molar-refractivity contribution in [1.29, 1.82) is 0 Å². The van der Waals surface area contributed by atoms with E-state index in [1.54, 1.807) is 6.07 Å². The van der Waals surface area contributed by atoms with E-state index in [4.69, 9.17) is 4.74 Å². The Bertz CT molecular complexity index is 778. The largest absolute Gasteiger partial charge is 0.504 e. The lowest BCUT2D eigenvalue weighted by Crippen LogP contribution is -2.77. The van der Waals surface area contributed by atoms with Gasteiger partial charge in [-0.3, -0.25) is 4.90 Å². The van der Waals surface area contributed by atoms with E-state index >= 15 is 0 Å². The molecule has 0 amide bonds. The first-order valence-electron chi connectivity index (χ1n) is 10.2. The predicted octanol–water partition coefficient (Wildman–Crippen LogP) is 1.71. The van der Waals surface area contributed by atoms with Crippen LogP contribution in [0.5, 0.6) is 11.5 Å². The van der Waals surface area contributed by atoms with Gasteiger partial charge in [-0.05, 0) is 62.6 Å². The number of aromatic hydroxyl groups is 1. The standard InChI is InChI=1S/C21H27NO4/c23-14-5-4-13-10-16-21(25)7-6-15(24)19-20(21,17(13)18(14)26-19)8-9-22(16)11-12-2-1-3-12/h4-5,12,15-16,19,23-25H,1-3,6-11H2/t15-,16?,19-,20-,21+/m0/s1. The zero-order valence-electron chi connectivity index (χ0n) is 15.0. The smallest absolute Gasteiger partial charge is 0.165 e. The van der Waals surface area contributed by atoms with Gasteiger partial charge in [-0.15, -0.1) is 0 Å². The van der Waals surface area contributed by atoms with Gasteiger partial charge in [-0.1, -0.05) is 12.5 Å². The summed E-state index contributed by atoms with van der Waals surface area (Å²) in [6.07, 6.45) is 5.68. The average molecular weight is 357 g/mol. The van der Waals surface area contributed by atoms with Crippen LogP contribution < -0.4 is 4.74 Å². The number of hydrogen-bond acceptors (Lipinski definition) is 5. The summed E-state index contributed by atoms with van der Waals surface area (Å²) in [5, 5.41) is 33.2. The highest BCUT2D eigenvalue weighted by molar-refractivity contribution is 5.62. The Hall–Kier alpha value is -1.30. The lowest BCUT2D eigenvalue weighted by Gasteiger charge is -2.64. The Morgan fingerprint density at radius 3 is 2.81 bits per heavy atom. The summed E-state index contributed by atoms with van der Waals surface area (Å²) in [5.74, 6) is 1.42. The van der Waals surface area contributed by atoms with Crippen molar-refractivity contribution >= 4 is 0 Å². The molecule has 1 unspecified atom stereocenters. The molecular weight excluding hydrogens is 330 g/mol. The van der Waals surface area contributed by atoms with Crippen LogP contribution in [0.15, 0.2) is 12.1 Å². The Kier molecular flexibility index (Phi) is 2.99. The van der Waals surface area contributed by atoms with E-state index in [0.29, 0.717) is 18.6 Å². The van der Waals surface area contributed by atoms with Gasteiger partial charge < -0.3 is 20.1 Å². The van der Waals surface area contributed by atoms with E-state index < -0.39 is 23.2 Å². The molecule has 3 aliphatic carbocycles. The first kappa shape index (κ1) is 15.7. The fourth-order valence-corrected chi connectivity index (χ4v) is 6.83. The maximum atomic E-state index is 12.1. The maximum Gasteiger partial charge on any atom is 0.165 e. The molecule has 5 atom stereocenters. The molecule has 5 aliphatic rings. The quantitative estimate of drug-likeness (QED) is 0.751. The number of phenols is 1. The molecule has 2 heterocycles. The number of piperidine rings is 1.